The predicted octanol–water partition coefficient (Wildman–Crippen LogP) is 0.882. The van der Waals surface area contributed by atoms with Gasteiger partial charge >= 0.3 is 11.9 Å². The third kappa shape index (κ3) is 2.41. The van der Waals surface area contributed by atoms with Crippen LogP contribution in [0.1, 0.15) is 20.3 Å². The minimum Gasteiger partial charge on any atom is -0.477 e. The molecule has 0 fully saturated rings. The third-order valence-electron chi connectivity index (χ3n) is 1.38. The van der Waals surface area contributed by atoms with Gasteiger partial charge in [0, 0.05) is 0 Å². The minimum absolute atomic E-state index is 0.380. The molecule has 0 aliphatic rings. The van der Waals surface area contributed by atoms with Crippen molar-refractivity contribution in [3.05, 3.63) is 11.1 Å². The smallest absolute Gasteiger partial charge is 0.343 e. The summed E-state index contributed by atoms with van der Waals surface area (Å²) in [5.41, 5.74) is -0.141. The lowest BCUT2D eigenvalue weighted by Crippen LogP contribution is -2.13. The number of carboxylic acids is 2. The second-order valence-electron chi connectivity index (χ2n) is 2.12. The van der Waals surface area contributed by atoms with Crippen molar-refractivity contribution < 1.29 is 19.8 Å². The summed E-state index contributed by atoms with van der Waals surface area (Å²) in [7, 11) is 0. The van der Waals surface area contributed by atoms with Gasteiger partial charge in [-0.25, -0.2) is 9.59 Å². The third-order valence-corrected chi connectivity index (χ3v) is 1.38. The molecule has 0 aliphatic heterocycles. The molecule has 0 aliphatic carbocycles. The zero-order valence-corrected chi connectivity index (χ0v) is 6.42. The lowest BCUT2D eigenvalue weighted by molar-refractivity contribution is -0.140. The van der Waals surface area contributed by atoms with Gasteiger partial charge in [-0.1, -0.05) is 12.5 Å². The van der Waals surface area contributed by atoms with Crippen molar-refractivity contribution in [1.29, 1.82) is 0 Å². The Hall–Kier alpha value is -1.32. The lowest BCUT2D eigenvalue weighted by Gasteiger charge is -1.99. The first-order chi connectivity index (χ1) is 5.00. The zero-order valence-electron chi connectivity index (χ0n) is 6.42. The summed E-state index contributed by atoms with van der Waals surface area (Å²) in [6.07, 6.45) is 0.438. The number of aliphatic carboxylic acids is 2. The molecule has 0 aromatic carbocycles. The number of rotatable bonds is 3. The molecule has 0 spiro atoms. The van der Waals surface area contributed by atoms with E-state index >= 15 is 0 Å². The van der Waals surface area contributed by atoms with Crippen LogP contribution in [0.15, 0.2) is 11.1 Å². The Labute approximate surface area is 64.2 Å². The largest absolute Gasteiger partial charge is 0.477 e. The van der Waals surface area contributed by atoms with Crippen LogP contribution in [-0.4, -0.2) is 22.2 Å². The first-order valence-corrected chi connectivity index (χ1v) is 3.17. The van der Waals surface area contributed by atoms with E-state index in [1.165, 1.54) is 6.92 Å². The molecule has 0 atom stereocenters. The van der Waals surface area contributed by atoms with Gasteiger partial charge in [0.2, 0.25) is 0 Å². The molecule has 0 amide bonds. The summed E-state index contributed by atoms with van der Waals surface area (Å²) < 4.78 is 0. The van der Waals surface area contributed by atoms with Gasteiger partial charge in [0.25, 0.3) is 0 Å². The molecule has 2 N–H and O–H groups in total. The highest BCUT2D eigenvalue weighted by atomic mass is 16.4. The molecule has 0 bridgehead atoms. The van der Waals surface area contributed by atoms with Crippen molar-refractivity contribution in [2.75, 3.05) is 0 Å². The van der Waals surface area contributed by atoms with Crippen LogP contribution >= 0.6 is 0 Å². The summed E-state index contributed by atoms with van der Waals surface area (Å²) in [6, 6.07) is 0. The Bertz CT molecular complexity index is 198. The maximum absolute atomic E-state index is 10.3. The van der Waals surface area contributed by atoms with Crippen LogP contribution in [0.3, 0.4) is 0 Å². The van der Waals surface area contributed by atoms with Crippen molar-refractivity contribution in [2.45, 2.75) is 20.3 Å². The fourth-order valence-electron chi connectivity index (χ4n) is 0.633. The topological polar surface area (TPSA) is 74.6 Å². The monoisotopic (exact) mass is 158 g/mol. The number of carbonyl (C=O) groups is 2. The molecule has 0 aromatic rings. The first-order valence-electron chi connectivity index (χ1n) is 3.17. The van der Waals surface area contributed by atoms with Crippen LogP contribution in [0.25, 0.3) is 0 Å². The molecule has 4 nitrogen and oxygen atoms in total. The van der Waals surface area contributed by atoms with Gasteiger partial charge in [-0.3, -0.25) is 0 Å². The Balaban J connectivity index is 4.88. The summed E-state index contributed by atoms with van der Waals surface area (Å²) in [5, 5.41) is 16.8. The van der Waals surface area contributed by atoms with E-state index in [-0.39, 0.29) is 0 Å². The molecule has 4 heteroatoms. The summed E-state index contributed by atoms with van der Waals surface area (Å²) in [6.45, 7) is 3.21. The second-order valence-corrected chi connectivity index (χ2v) is 2.12. The Morgan fingerprint density at radius 1 is 1.18 bits per heavy atom. The minimum atomic E-state index is -1.38. The molecule has 0 saturated carbocycles. The van der Waals surface area contributed by atoms with Crippen molar-refractivity contribution in [3.8, 4) is 0 Å². The molecular weight excluding hydrogens is 148 g/mol. The van der Waals surface area contributed by atoms with Gasteiger partial charge in [-0.2, -0.15) is 0 Å². The second kappa shape index (κ2) is 3.75. The van der Waals surface area contributed by atoms with Crippen molar-refractivity contribution >= 4 is 11.9 Å². The number of hydrogen-bond donors (Lipinski definition) is 2. The highest BCUT2D eigenvalue weighted by molar-refractivity contribution is 6.13. The summed E-state index contributed by atoms with van der Waals surface area (Å²) in [5.74, 6) is -2.76. The van der Waals surface area contributed by atoms with E-state index in [0.29, 0.717) is 12.0 Å². The van der Waals surface area contributed by atoms with Gasteiger partial charge in [0.15, 0.2) is 0 Å². The van der Waals surface area contributed by atoms with E-state index in [1.54, 1.807) is 6.92 Å². The fourth-order valence-corrected chi connectivity index (χ4v) is 0.633. The maximum atomic E-state index is 10.3. The van der Waals surface area contributed by atoms with E-state index in [2.05, 4.69) is 0 Å². The quantitative estimate of drug-likeness (QED) is 0.363. The molecule has 0 radical (unpaired) electrons. The van der Waals surface area contributed by atoms with Gasteiger partial charge in [0.1, 0.15) is 5.57 Å². The maximum Gasteiger partial charge on any atom is 0.343 e. The zero-order chi connectivity index (χ0) is 9.02. The highest BCUT2D eigenvalue weighted by Gasteiger charge is 2.17. The standard InChI is InChI=1S/C7H10O4/c1-3-4(2)5(6(8)9)7(10)11/h3H2,1-2H3,(H,8,9)(H,10,11). The number of allylic oxidation sites excluding steroid dienone is 1. The van der Waals surface area contributed by atoms with E-state index in [9.17, 15) is 9.59 Å². The van der Waals surface area contributed by atoms with Crippen molar-refractivity contribution in [2.24, 2.45) is 0 Å². The van der Waals surface area contributed by atoms with Crippen molar-refractivity contribution in [3.63, 3.8) is 0 Å². The summed E-state index contributed by atoms with van der Waals surface area (Å²) >= 11 is 0. The Kier molecular flexibility index (Phi) is 3.30. The molecular formula is C7H10O4. The number of hydrogen-bond acceptors (Lipinski definition) is 2. The Morgan fingerprint density at radius 3 is 1.64 bits per heavy atom. The van der Waals surface area contributed by atoms with Gasteiger partial charge < -0.3 is 10.2 Å². The van der Waals surface area contributed by atoms with E-state index < -0.39 is 17.5 Å². The average Bonchev–Trinajstić information content (AvgIpc) is 1.85. The molecule has 0 aromatic heterocycles. The van der Waals surface area contributed by atoms with Crippen LogP contribution in [0, 0.1) is 0 Å². The van der Waals surface area contributed by atoms with Crippen LogP contribution in [0.4, 0.5) is 0 Å². The normalized spacial score (nSPS) is 8.91. The molecule has 0 saturated heterocycles. The van der Waals surface area contributed by atoms with Gasteiger partial charge in [-0.15, -0.1) is 0 Å². The fraction of sp³-hybridized carbons (Fsp3) is 0.429. The van der Waals surface area contributed by atoms with Crippen LogP contribution in [0.2, 0.25) is 0 Å². The molecule has 0 unspecified atom stereocenters. The number of carboxylic acid groups (broad SMARTS) is 2. The first kappa shape index (κ1) is 9.68. The molecule has 62 valence electrons. The van der Waals surface area contributed by atoms with Crippen LogP contribution in [0.5, 0.6) is 0 Å². The van der Waals surface area contributed by atoms with Crippen LogP contribution < -0.4 is 0 Å². The van der Waals surface area contributed by atoms with Crippen LogP contribution in [-0.2, 0) is 9.59 Å². The predicted molar refractivity (Wildman–Crippen MR) is 38.3 cm³/mol. The Morgan fingerprint density at radius 2 is 1.55 bits per heavy atom. The van der Waals surface area contributed by atoms with E-state index in [0.717, 1.165) is 0 Å². The lowest BCUT2D eigenvalue weighted by atomic mass is 10.1. The van der Waals surface area contributed by atoms with Gasteiger partial charge in [0.05, 0.1) is 0 Å². The molecule has 0 heterocycles. The highest BCUT2D eigenvalue weighted by Crippen LogP contribution is 2.07. The van der Waals surface area contributed by atoms with Gasteiger partial charge in [-0.05, 0) is 13.3 Å². The van der Waals surface area contributed by atoms with E-state index in [1.807, 2.05) is 0 Å². The summed E-state index contributed by atoms with van der Waals surface area (Å²) in [4.78, 5) is 20.6. The van der Waals surface area contributed by atoms with E-state index in [4.69, 9.17) is 10.2 Å². The average molecular weight is 158 g/mol. The molecule has 0 rings (SSSR count). The van der Waals surface area contributed by atoms with Crippen molar-refractivity contribution in [1.82, 2.24) is 0 Å². The SMILES string of the molecule is CCC(C)=C(C(=O)O)C(=O)O. The molecule has 11 heavy (non-hydrogen) atoms.